The van der Waals surface area contributed by atoms with Crippen LogP contribution >= 0.6 is 24.0 Å². The lowest BCUT2D eigenvalue weighted by molar-refractivity contribution is 0.0357. The average molecular weight is 232 g/mol. The Morgan fingerprint density at radius 2 is 2.29 bits per heavy atom. The molecule has 0 aliphatic carbocycles. The van der Waals surface area contributed by atoms with Crippen LogP contribution in [-0.2, 0) is 0 Å². The molecule has 0 aliphatic rings. The Hall–Kier alpha value is -0.360. The van der Waals surface area contributed by atoms with Crippen LogP contribution in [0, 0.1) is 6.92 Å². The first-order chi connectivity index (χ1) is 6.60. The third-order valence-corrected chi connectivity index (χ3v) is 3.52. The molecular formula is C9H12O3S2. The lowest BCUT2D eigenvalue weighted by atomic mass is 10.1. The number of carbonyl (C=O) groups excluding carboxylic acids is 1. The summed E-state index contributed by atoms with van der Waals surface area (Å²) in [6.07, 6.45) is -1.11. The van der Waals surface area contributed by atoms with Crippen LogP contribution in [-0.4, -0.2) is 28.4 Å². The zero-order valence-corrected chi connectivity index (χ0v) is 9.39. The van der Waals surface area contributed by atoms with Crippen molar-refractivity contribution >= 4 is 30.3 Å². The molecule has 0 spiro atoms. The van der Waals surface area contributed by atoms with Crippen molar-refractivity contribution in [2.24, 2.45) is 0 Å². The third-order valence-electron chi connectivity index (χ3n) is 1.91. The molecule has 3 nitrogen and oxygen atoms in total. The Balaban J connectivity index is 2.94. The van der Waals surface area contributed by atoms with E-state index in [1.165, 1.54) is 11.3 Å². The third kappa shape index (κ3) is 2.36. The van der Waals surface area contributed by atoms with E-state index in [1.54, 1.807) is 13.0 Å². The minimum atomic E-state index is -0.953. The van der Waals surface area contributed by atoms with Gasteiger partial charge in [-0.2, -0.15) is 12.6 Å². The van der Waals surface area contributed by atoms with E-state index in [9.17, 15) is 15.0 Å². The molecule has 1 heterocycles. The Bertz CT molecular complexity index is 322. The fourth-order valence-corrected chi connectivity index (χ4v) is 2.38. The average Bonchev–Trinajstić information content (AvgIpc) is 2.57. The molecule has 14 heavy (non-hydrogen) atoms. The van der Waals surface area contributed by atoms with Gasteiger partial charge in [-0.25, -0.2) is 0 Å². The first-order valence-electron chi connectivity index (χ1n) is 4.12. The van der Waals surface area contributed by atoms with Crippen LogP contribution in [0.4, 0.5) is 0 Å². The van der Waals surface area contributed by atoms with Crippen LogP contribution in [0.2, 0.25) is 0 Å². The monoisotopic (exact) mass is 232 g/mol. The SMILES string of the molecule is Cc1cc(C=O)sc1C(O)C(O)CS. The zero-order chi connectivity index (χ0) is 10.7. The molecule has 0 radical (unpaired) electrons. The predicted molar refractivity (Wildman–Crippen MR) is 59.3 cm³/mol. The topological polar surface area (TPSA) is 57.5 Å². The largest absolute Gasteiger partial charge is 0.389 e. The molecule has 0 amide bonds. The summed E-state index contributed by atoms with van der Waals surface area (Å²) in [6, 6.07) is 1.70. The Morgan fingerprint density at radius 3 is 2.71 bits per heavy atom. The smallest absolute Gasteiger partial charge is 0.160 e. The second-order valence-electron chi connectivity index (χ2n) is 3.01. The van der Waals surface area contributed by atoms with E-state index >= 15 is 0 Å². The Morgan fingerprint density at radius 1 is 1.64 bits per heavy atom. The summed E-state index contributed by atoms with van der Waals surface area (Å²) in [7, 11) is 0. The number of aryl methyl sites for hydroxylation is 1. The van der Waals surface area contributed by atoms with E-state index < -0.39 is 12.2 Å². The van der Waals surface area contributed by atoms with Gasteiger partial charge in [0.25, 0.3) is 0 Å². The van der Waals surface area contributed by atoms with Crippen molar-refractivity contribution in [1.29, 1.82) is 0 Å². The molecule has 0 saturated heterocycles. The molecule has 0 bridgehead atoms. The van der Waals surface area contributed by atoms with Crippen LogP contribution < -0.4 is 0 Å². The summed E-state index contributed by atoms with van der Waals surface area (Å²) in [5.74, 6) is 0.189. The maximum atomic E-state index is 10.5. The van der Waals surface area contributed by atoms with Crippen LogP contribution in [0.15, 0.2) is 6.07 Å². The summed E-state index contributed by atoms with van der Waals surface area (Å²) in [5, 5.41) is 19.1. The lowest BCUT2D eigenvalue weighted by Crippen LogP contribution is -2.19. The van der Waals surface area contributed by atoms with Crippen molar-refractivity contribution in [1.82, 2.24) is 0 Å². The number of hydrogen-bond donors (Lipinski definition) is 3. The molecule has 2 atom stereocenters. The highest BCUT2D eigenvalue weighted by Gasteiger charge is 2.21. The maximum Gasteiger partial charge on any atom is 0.160 e. The summed E-state index contributed by atoms with van der Waals surface area (Å²) in [5.41, 5.74) is 0.824. The van der Waals surface area contributed by atoms with Gasteiger partial charge in [-0.15, -0.1) is 11.3 Å². The number of carbonyl (C=O) groups is 1. The highest BCUT2D eigenvalue weighted by molar-refractivity contribution is 7.80. The molecule has 0 saturated carbocycles. The summed E-state index contributed by atoms with van der Waals surface area (Å²) < 4.78 is 0. The second-order valence-corrected chi connectivity index (χ2v) is 4.49. The van der Waals surface area contributed by atoms with E-state index in [0.29, 0.717) is 9.75 Å². The summed E-state index contributed by atoms with van der Waals surface area (Å²) >= 11 is 5.09. The quantitative estimate of drug-likeness (QED) is 0.540. The number of aliphatic hydroxyl groups excluding tert-OH is 2. The fourth-order valence-electron chi connectivity index (χ4n) is 1.15. The van der Waals surface area contributed by atoms with Crippen LogP contribution in [0.5, 0.6) is 0 Å². The van der Waals surface area contributed by atoms with Crippen LogP contribution in [0.1, 0.15) is 26.2 Å². The van der Waals surface area contributed by atoms with Gasteiger partial charge in [-0.3, -0.25) is 4.79 Å². The molecule has 1 aromatic rings. The minimum Gasteiger partial charge on any atom is -0.389 e. The van der Waals surface area contributed by atoms with Gasteiger partial charge in [0, 0.05) is 10.6 Å². The standard InChI is InChI=1S/C9H12O3S2/c1-5-2-6(3-10)14-9(5)8(12)7(11)4-13/h2-3,7-8,11-13H,4H2,1H3. The highest BCUT2D eigenvalue weighted by Crippen LogP contribution is 2.29. The van der Waals surface area contributed by atoms with Crippen molar-refractivity contribution < 1.29 is 15.0 Å². The molecule has 0 aromatic carbocycles. The minimum absolute atomic E-state index is 0.189. The van der Waals surface area contributed by atoms with E-state index in [1.807, 2.05) is 0 Å². The number of thiophene rings is 1. The van der Waals surface area contributed by atoms with Gasteiger partial charge in [0.2, 0.25) is 0 Å². The van der Waals surface area contributed by atoms with Gasteiger partial charge in [-0.1, -0.05) is 0 Å². The van der Waals surface area contributed by atoms with Gasteiger partial charge in [-0.05, 0) is 18.6 Å². The Kier molecular flexibility index (Phi) is 4.12. The molecule has 1 rings (SSSR count). The predicted octanol–water partition coefficient (Wildman–Crippen LogP) is 1.19. The van der Waals surface area contributed by atoms with Gasteiger partial charge in [0.15, 0.2) is 6.29 Å². The summed E-state index contributed by atoms with van der Waals surface area (Å²) in [6.45, 7) is 1.80. The maximum absolute atomic E-state index is 10.5. The van der Waals surface area contributed by atoms with Gasteiger partial charge >= 0.3 is 0 Å². The van der Waals surface area contributed by atoms with E-state index in [-0.39, 0.29) is 5.75 Å². The van der Waals surface area contributed by atoms with Gasteiger partial charge < -0.3 is 10.2 Å². The molecule has 0 aliphatic heterocycles. The molecule has 5 heteroatoms. The number of hydrogen-bond acceptors (Lipinski definition) is 5. The normalized spacial score (nSPS) is 15.1. The van der Waals surface area contributed by atoms with E-state index in [0.717, 1.165) is 11.8 Å². The molecule has 1 aromatic heterocycles. The molecule has 78 valence electrons. The molecule has 2 unspecified atom stereocenters. The van der Waals surface area contributed by atoms with Gasteiger partial charge in [0.05, 0.1) is 11.0 Å². The van der Waals surface area contributed by atoms with E-state index in [2.05, 4.69) is 12.6 Å². The zero-order valence-electron chi connectivity index (χ0n) is 7.67. The number of rotatable bonds is 4. The highest BCUT2D eigenvalue weighted by atomic mass is 32.1. The molecule has 2 N–H and O–H groups in total. The Labute approximate surface area is 91.8 Å². The van der Waals surface area contributed by atoms with E-state index in [4.69, 9.17) is 0 Å². The first kappa shape index (κ1) is 11.7. The number of aliphatic hydroxyl groups is 2. The molecule has 0 fully saturated rings. The fraction of sp³-hybridized carbons (Fsp3) is 0.444. The van der Waals surface area contributed by atoms with Gasteiger partial charge in [0.1, 0.15) is 6.10 Å². The van der Waals surface area contributed by atoms with Crippen molar-refractivity contribution in [2.45, 2.75) is 19.1 Å². The number of aldehydes is 1. The van der Waals surface area contributed by atoms with Crippen molar-refractivity contribution in [3.8, 4) is 0 Å². The van der Waals surface area contributed by atoms with Crippen LogP contribution in [0.25, 0.3) is 0 Å². The number of thiol groups is 1. The second kappa shape index (κ2) is 4.93. The molecular weight excluding hydrogens is 220 g/mol. The van der Waals surface area contributed by atoms with Crippen molar-refractivity contribution in [2.75, 3.05) is 5.75 Å². The van der Waals surface area contributed by atoms with Crippen LogP contribution in [0.3, 0.4) is 0 Å². The van der Waals surface area contributed by atoms with Crippen molar-refractivity contribution in [3.63, 3.8) is 0 Å². The first-order valence-corrected chi connectivity index (χ1v) is 5.57. The lowest BCUT2D eigenvalue weighted by Gasteiger charge is -2.14. The summed E-state index contributed by atoms with van der Waals surface area (Å²) in [4.78, 5) is 11.7. The van der Waals surface area contributed by atoms with Crippen molar-refractivity contribution in [3.05, 3.63) is 21.4 Å².